The van der Waals surface area contributed by atoms with Crippen molar-refractivity contribution in [1.82, 2.24) is 0 Å². The third-order valence-electron chi connectivity index (χ3n) is 9.19. The maximum Gasteiger partial charge on any atom is 2.00 e. The molecule has 5 aromatic carbocycles. The summed E-state index contributed by atoms with van der Waals surface area (Å²) in [6.45, 7) is 10.5. The molecule has 0 amide bonds. The van der Waals surface area contributed by atoms with Crippen molar-refractivity contribution in [2.24, 2.45) is 0 Å². The van der Waals surface area contributed by atoms with E-state index >= 15 is 0 Å². The van der Waals surface area contributed by atoms with Crippen LogP contribution in [-0.4, -0.2) is 40.3 Å². The average molecular weight is 752 g/mol. The predicted octanol–water partition coefficient (Wildman–Crippen LogP) is 8.75. The van der Waals surface area contributed by atoms with Crippen LogP contribution in [0.1, 0.15) is 44.4 Å². The summed E-state index contributed by atoms with van der Waals surface area (Å²) in [6, 6.07) is 49.9. The largest absolute Gasteiger partial charge is 2.00 e. The summed E-state index contributed by atoms with van der Waals surface area (Å²) in [5, 5.41) is 2.30. The van der Waals surface area contributed by atoms with Crippen molar-refractivity contribution >= 4 is 18.7 Å². The maximum atomic E-state index is 7.31. The standard InChI is InChI=1S/C45H52O5Si.V/c1-6-42(47-33-36-19-11-7-12-20-36)44(49-35-37-21-13-8-14-22-37)43(48-34-38-27-29-39(46-5)30-28-38)31-32-50-51(45(2,3)4,40-23-15-9-16-24-40)41-25-17-10-18-26-41;/h6-31,42-44H,32-35H2,1-5H3;/q-2;+2. The van der Waals surface area contributed by atoms with E-state index in [1.54, 1.807) is 7.11 Å². The first-order chi connectivity index (χ1) is 24.8. The summed E-state index contributed by atoms with van der Waals surface area (Å²) in [5.74, 6) is 0.805. The number of ether oxygens (including phenoxy) is 4. The van der Waals surface area contributed by atoms with Gasteiger partial charge in [-0.25, -0.2) is 0 Å². The van der Waals surface area contributed by atoms with Crippen molar-refractivity contribution < 1.29 is 41.9 Å². The smallest absolute Gasteiger partial charge is 0.497 e. The molecule has 0 aliphatic carbocycles. The molecule has 7 heteroatoms. The van der Waals surface area contributed by atoms with Crippen LogP contribution in [0.4, 0.5) is 0 Å². The minimum absolute atomic E-state index is 0. The van der Waals surface area contributed by atoms with Gasteiger partial charge in [-0.3, -0.25) is 6.42 Å². The van der Waals surface area contributed by atoms with Gasteiger partial charge in [-0.2, -0.15) is 6.92 Å². The van der Waals surface area contributed by atoms with E-state index in [-0.39, 0.29) is 29.7 Å². The molecule has 0 N–H and O–H groups in total. The molecule has 0 aliphatic rings. The van der Waals surface area contributed by atoms with E-state index in [1.807, 2.05) is 67.6 Å². The van der Waals surface area contributed by atoms with Crippen LogP contribution in [0.3, 0.4) is 0 Å². The van der Waals surface area contributed by atoms with Gasteiger partial charge in [0.2, 0.25) is 0 Å². The first-order valence-corrected chi connectivity index (χ1v) is 19.7. The number of hydrogen-bond donors (Lipinski definition) is 0. The van der Waals surface area contributed by atoms with Gasteiger partial charge in [-0.05, 0) is 56.4 Å². The maximum absolute atomic E-state index is 7.31. The zero-order valence-electron chi connectivity index (χ0n) is 31.1. The van der Waals surface area contributed by atoms with Gasteiger partial charge >= 0.3 is 18.6 Å². The molecular weight excluding hydrogens is 700 g/mol. The Morgan fingerprint density at radius 3 is 1.42 bits per heavy atom. The SMILES string of the molecule is C[CH-]C(OCc1ccccc1)C(OCc1ccccc1)C([CH-]CO[Si](c1ccccc1)(c1ccccc1)C(C)(C)C)OCc1ccc(OC)cc1.[V+2]. The normalized spacial score (nSPS) is 13.5. The molecule has 0 bridgehead atoms. The van der Waals surface area contributed by atoms with E-state index in [9.17, 15) is 0 Å². The van der Waals surface area contributed by atoms with E-state index in [0.29, 0.717) is 26.4 Å². The third kappa shape index (κ3) is 11.0. The van der Waals surface area contributed by atoms with E-state index < -0.39 is 20.5 Å². The topological polar surface area (TPSA) is 46.2 Å². The Kier molecular flexibility index (Phi) is 16.4. The minimum atomic E-state index is -2.79. The fourth-order valence-electron chi connectivity index (χ4n) is 6.53. The molecule has 3 unspecified atom stereocenters. The molecular formula is C45H52O5SiV. The van der Waals surface area contributed by atoms with Crippen LogP contribution in [0.15, 0.2) is 146 Å². The molecule has 3 atom stereocenters. The second kappa shape index (κ2) is 20.7. The van der Waals surface area contributed by atoms with Crippen molar-refractivity contribution in [2.75, 3.05) is 13.7 Å². The Bertz CT molecular complexity index is 1640. The first-order valence-electron chi connectivity index (χ1n) is 17.8. The molecule has 0 saturated heterocycles. The van der Waals surface area contributed by atoms with Crippen LogP contribution in [-0.2, 0) is 57.0 Å². The van der Waals surface area contributed by atoms with E-state index in [2.05, 4.69) is 119 Å². The van der Waals surface area contributed by atoms with E-state index in [0.717, 1.165) is 22.4 Å². The van der Waals surface area contributed by atoms with Gasteiger partial charge in [0.1, 0.15) is 5.75 Å². The second-order valence-corrected chi connectivity index (χ2v) is 18.0. The third-order valence-corrected chi connectivity index (χ3v) is 14.2. The first kappa shape index (κ1) is 41.3. The van der Waals surface area contributed by atoms with Crippen molar-refractivity contribution in [3.8, 4) is 5.75 Å². The van der Waals surface area contributed by atoms with Crippen molar-refractivity contribution in [3.63, 3.8) is 0 Å². The Labute approximate surface area is 324 Å². The minimum Gasteiger partial charge on any atom is -0.497 e. The summed E-state index contributed by atoms with van der Waals surface area (Å²) in [5.41, 5.74) is 3.21. The van der Waals surface area contributed by atoms with Crippen LogP contribution in [0.5, 0.6) is 5.75 Å². The zero-order chi connectivity index (χ0) is 35.9. The second-order valence-electron chi connectivity index (χ2n) is 13.7. The molecule has 271 valence electrons. The number of hydrogen-bond acceptors (Lipinski definition) is 5. The van der Waals surface area contributed by atoms with Crippen LogP contribution < -0.4 is 15.1 Å². The van der Waals surface area contributed by atoms with Gasteiger partial charge in [0.05, 0.1) is 33.0 Å². The van der Waals surface area contributed by atoms with Crippen molar-refractivity contribution in [2.45, 2.75) is 70.9 Å². The number of benzene rings is 5. The van der Waals surface area contributed by atoms with E-state index in [4.69, 9.17) is 23.4 Å². The van der Waals surface area contributed by atoms with Crippen molar-refractivity contribution in [3.05, 3.63) is 175 Å². The predicted molar refractivity (Wildman–Crippen MR) is 209 cm³/mol. The van der Waals surface area contributed by atoms with Crippen molar-refractivity contribution in [1.29, 1.82) is 0 Å². The van der Waals surface area contributed by atoms with Gasteiger partial charge in [0, 0.05) is 0 Å². The molecule has 0 heterocycles. The fraction of sp³-hybridized carbons (Fsp3) is 0.289. The molecule has 5 rings (SSSR count). The Morgan fingerprint density at radius 2 is 0.981 bits per heavy atom. The van der Waals surface area contributed by atoms with Gasteiger partial charge < -0.3 is 29.8 Å². The zero-order valence-corrected chi connectivity index (χ0v) is 33.5. The van der Waals surface area contributed by atoms with Gasteiger partial charge in [-0.15, -0.1) is 0 Å². The van der Waals surface area contributed by atoms with E-state index in [1.165, 1.54) is 10.4 Å². The summed E-state index contributed by atoms with van der Waals surface area (Å²) < 4.78 is 32.9. The summed E-state index contributed by atoms with van der Waals surface area (Å²) in [7, 11) is -1.12. The molecule has 52 heavy (non-hydrogen) atoms. The van der Waals surface area contributed by atoms with Crippen LogP contribution in [0, 0.1) is 12.8 Å². The summed E-state index contributed by atoms with van der Waals surface area (Å²) in [4.78, 5) is 0. The molecule has 0 aromatic heterocycles. The van der Waals surface area contributed by atoms with Crippen LogP contribution >= 0.6 is 0 Å². The molecule has 0 aliphatic heterocycles. The van der Waals surface area contributed by atoms with Gasteiger partial charge in [-0.1, -0.05) is 161 Å². The molecule has 5 aromatic rings. The Hall–Kier alpha value is -3.46. The molecule has 0 fully saturated rings. The average Bonchev–Trinajstić information content (AvgIpc) is 3.17. The quantitative estimate of drug-likeness (QED) is 0.0624. The van der Waals surface area contributed by atoms with Gasteiger partial charge in [0.25, 0.3) is 8.32 Å². The molecule has 5 nitrogen and oxygen atoms in total. The summed E-state index contributed by atoms with van der Waals surface area (Å²) in [6.07, 6.45) is 2.92. The van der Waals surface area contributed by atoms with Crippen LogP contribution in [0.25, 0.3) is 0 Å². The number of rotatable bonds is 19. The summed E-state index contributed by atoms with van der Waals surface area (Å²) >= 11 is 0. The Balaban J connectivity index is 0.00000605. The molecule has 0 spiro atoms. The van der Waals surface area contributed by atoms with Crippen LogP contribution in [0.2, 0.25) is 5.04 Å². The molecule has 0 saturated carbocycles. The van der Waals surface area contributed by atoms with Gasteiger partial charge in [0.15, 0.2) is 0 Å². The number of methoxy groups -OCH3 is 1. The monoisotopic (exact) mass is 751 g/mol. The fourth-order valence-corrected chi connectivity index (χ4v) is 11.0. The Morgan fingerprint density at radius 1 is 0.558 bits per heavy atom. The molecule has 1 radical (unpaired) electrons.